The molecule has 1 aliphatic rings. The Morgan fingerprint density at radius 2 is 2.05 bits per heavy atom. The van der Waals surface area contributed by atoms with Gasteiger partial charge in [-0.05, 0) is 24.5 Å². The van der Waals surface area contributed by atoms with Crippen molar-refractivity contribution in [1.29, 1.82) is 0 Å². The zero-order valence-corrected chi connectivity index (χ0v) is 12.9. The standard InChI is InChI=1S/C16H20N2O2S/c1-21(19,20)15-9-3-8-14(15)18-11-13-6-2-5-12-7-4-10-17-16(12)13/h2,4-7,10,14-15,18H,3,8-9,11H2,1H3. The summed E-state index contributed by atoms with van der Waals surface area (Å²) in [5.74, 6) is 0. The summed E-state index contributed by atoms with van der Waals surface area (Å²) in [6.45, 7) is 0.658. The molecule has 1 aliphatic carbocycles. The largest absolute Gasteiger partial charge is 0.309 e. The van der Waals surface area contributed by atoms with Crippen molar-refractivity contribution in [2.45, 2.75) is 37.1 Å². The average molecular weight is 304 g/mol. The van der Waals surface area contributed by atoms with Crippen molar-refractivity contribution in [3.05, 3.63) is 42.1 Å². The minimum Gasteiger partial charge on any atom is -0.309 e. The number of para-hydroxylation sites is 1. The fourth-order valence-corrected chi connectivity index (χ4v) is 4.65. The topological polar surface area (TPSA) is 59.1 Å². The van der Waals surface area contributed by atoms with Gasteiger partial charge < -0.3 is 5.32 Å². The average Bonchev–Trinajstić information content (AvgIpc) is 2.93. The second-order valence-corrected chi connectivity index (χ2v) is 8.04. The summed E-state index contributed by atoms with van der Waals surface area (Å²) >= 11 is 0. The summed E-state index contributed by atoms with van der Waals surface area (Å²) in [6.07, 6.45) is 5.81. The fraction of sp³-hybridized carbons (Fsp3) is 0.438. The lowest BCUT2D eigenvalue weighted by Crippen LogP contribution is -2.39. The maximum absolute atomic E-state index is 11.8. The van der Waals surface area contributed by atoms with Gasteiger partial charge in [0.15, 0.2) is 9.84 Å². The first-order chi connectivity index (χ1) is 10.1. The third-order valence-electron chi connectivity index (χ3n) is 4.27. The zero-order chi connectivity index (χ0) is 14.9. The second-order valence-electron chi connectivity index (χ2n) is 5.78. The van der Waals surface area contributed by atoms with Gasteiger partial charge in [-0.3, -0.25) is 4.98 Å². The van der Waals surface area contributed by atoms with Crippen LogP contribution >= 0.6 is 0 Å². The van der Waals surface area contributed by atoms with E-state index in [-0.39, 0.29) is 11.3 Å². The first kappa shape index (κ1) is 14.5. The van der Waals surface area contributed by atoms with Gasteiger partial charge in [-0.25, -0.2) is 8.42 Å². The molecular formula is C16H20N2O2S. The second kappa shape index (κ2) is 5.73. The monoisotopic (exact) mass is 304 g/mol. The highest BCUT2D eigenvalue weighted by Gasteiger charge is 2.34. The summed E-state index contributed by atoms with van der Waals surface area (Å²) in [5, 5.41) is 4.29. The summed E-state index contributed by atoms with van der Waals surface area (Å²) in [4.78, 5) is 4.44. The van der Waals surface area contributed by atoms with Crippen molar-refractivity contribution >= 4 is 20.7 Å². The Hall–Kier alpha value is -1.46. The molecule has 1 saturated carbocycles. The summed E-state index contributed by atoms with van der Waals surface area (Å²) < 4.78 is 23.6. The van der Waals surface area contributed by atoms with Crippen LogP contribution < -0.4 is 5.32 Å². The third-order valence-corrected chi connectivity index (χ3v) is 5.94. The van der Waals surface area contributed by atoms with E-state index in [1.54, 1.807) is 6.20 Å². The predicted molar refractivity (Wildman–Crippen MR) is 84.9 cm³/mol. The van der Waals surface area contributed by atoms with Crippen molar-refractivity contribution in [2.75, 3.05) is 6.26 Å². The predicted octanol–water partition coefficient (Wildman–Crippen LogP) is 2.29. The minimum absolute atomic E-state index is 0.0546. The molecule has 1 heterocycles. The minimum atomic E-state index is -2.98. The molecule has 1 aromatic carbocycles. The van der Waals surface area contributed by atoms with Crippen molar-refractivity contribution in [2.24, 2.45) is 0 Å². The Kier molecular flexibility index (Phi) is 3.95. The Morgan fingerprint density at radius 1 is 1.24 bits per heavy atom. The number of nitrogens with one attached hydrogen (secondary N) is 1. The molecule has 3 rings (SSSR count). The number of benzene rings is 1. The van der Waals surface area contributed by atoms with Crippen molar-refractivity contribution in [3.8, 4) is 0 Å². The quantitative estimate of drug-likeness (QED) is 0.941. The van der Waals surface area contributed by atoms with Crippen LogP contribution in [0.3, 0.4) is 0 Å². The van der Waals surface area contributed by atoms with Gasteiger partial charge in [0.2, 0.25) is 0 Å². The third kappa shape index (κ3) is 3.09. The Balaban J connectivity index is 1.78. The maximum Gasteiger partial charge on any atom is 0.151 e. The molecule has 1 fully saturated rings. The van der Waals surface area contributed by atoms with Crippen LogP contribution in [0.2, 0.25) is 0 Å². The molecule has 1 aromatic heterocycles. The molecule has 0 amide bonds. The molecule has 4 nitrogen and oxygen atoms in total. The molecule has 21 heavy (non-hydrogen) atoms. The highest BCUT2D eigenvalue weighted by molar-refractivity contribution is 7.91. The van der Waals surface area contributed by atoms with Gasteiger partial charge in [0.1, 0.15) is 0 Å². The first-order valence-corrected chi connectivity index (χ1v) is 9.26. The number of hydrogen-bond donors (Lipinski definition) is 1. The SMILES string of the molecule is CS(=O)(=O)C1CCCC1NCc1cccc2cccnc12. The maximum atomic E-state index is 11.8. The number of hydrogen-bond acceptors (Lipinski definition) is 4. The summed E-state index contributed by atoms with van der Waals surface area (Å²) in [7, 11) is -2.98. The molecule has 1 N–H and O–H groups in total. The van der Waals surface area contributed by atoms with E-state index in [0.717, 1.165) is 35.7 Å². The van der Waals surface area contributed by atoms with Gasteiger partial charge in [-0.1, -0.05) is 30.7 Å². The van der Waals surface area contributed by atoms with Crippen LogP contribution in [0.25, 0.3) is 10.9 Å². The van der Waals surface area contributed by atoms with Crippen molar-refractivity contribution in [3.63, 3.8) is 0 Å². The van der Waals surface area contributed by atoms with Crippen molar-refractivity contribution < 1.29 is 8.42 Å². The molecule has 2 unspecified atom stereocenters. The van der Waals surface area contributed by atoms with E-state index in [9.17, 15) is 8.42 Å². The Labute approximate surface area is 125 Å². The van der Waals surface area contributed by atoms with E-state index in [0.29, 0.717) is 6.54 Å². The number of rotatable bonds is 4. The summed E-state index contributed by atoms with van der Waals surface area (Å²) in [5.41, 5.74) is 2.11. The highest BCUT2D eigenvalue weighted by Crippen LogP contribution is 2.26. The van der Waals surface area contributed by atoms with E-state index < -0.39 is 9.84 Å². The number of fused-ring (bicyclic) bond motifs is 1. The zero-order valence-electron chi connectivity index (χ0n) is 12.1. The molecule has 2 atom stereocenters. The van der Waals surface area contributed by atoms with E-state index in [1.807, 2.05) is 30.3 Å². The molecule has 0 bridgehead atoms. The molecule has 0 saturated heterocycles. The van der Waals surface area contributed by atoms with Gasteiger partial charge >= 0.3 is 0 Å². The smallest absolute Gasteiger partial charge is 0.151 e. The first-order valence-electron chi connectivity index (χ1n) is 7.30. The number of sulfone groups is 1. The van der Waals surface area contributed by atoms with E-state index in [1.165, 1.54) is 6.26 Å². The Morgan fingerprint density at radius 3 is 2.86 bits per heavy atom. The van der Waals surface area contributed by atoms with Crippen LogP contribution in [0.1, 0.15) is 24.8 Å². The number of aromatic nitrogens is 1. The molecule has 0 radical (unpaired) electrons. The van der Waals surface area contributed by atoms with E-state index >= 15 is 0 Å². The lowest BCUT2D eigenvalue weighted by Gasteiger charge is -2.20. The molecule has 5 heteroatoms. The van der Waals surface area contributed by atoms with Gasteiger partial charge in [0.05, 0.1) is 10.8 Å². The fourth-order valence-electron chi connectivity index (χ4n) is 3.22. The molecule has 112 valence electrons. The number of pyridine rings is 1. The Bertz CT molecular complexity index is 738. The van der Waals surface area contributed by atoms with E-state index in [4.69, 9.17) is 0 Å². The molecule has 0 aliphatic heterocycles. The van der Waals surface area contributed by atoms with Crippen LogP contribution in [0.4, 0.5) is 0 Å². The van der Waals surface area contributed by atoms with Gasteiger partial charge in [-0.2, -0.15) is 0 Å². The molecular weight excluding hydrogens is 284 g/mol. The lowest BCUT2D eigenvalue weighted by molar-refractivity contribution is 0.508. The van der Waals surface area contributed by atoms with Crippen LogP contribution in [0, 0.1) is 0 Å². The van der Waals surface area contributed by atoms with Crippen LogP contribution in [-0.4, -0.2) is 30.9 Å². The van der Waals surface area contributed by atoms with Crippen molar-refractivity contribution in [1.82, 2.24) is 10.3 Å². The van der Waals surface area contributed by atoms with Gasteiger partial charge in [-0.15, -0.1) is 0 Å². The van der Waals surface area contributed by atoms with Gasteiger partial charge in [0.25, 0.3) is 0 Å². The van der Waals surface area contributed by atoms with Crippen LogP contribution in [-0.2, 0) is 16.4 Å². The highest BCUT2D eigenvalue weighted by atomic mass is 32.2. The molecule has 0 spiro atoms. The molecule has 2 aromatic rings. The van der Waals surface area contributed by atoms with Crippen LogP contribution in [0.5, 0.6) is 0 Å². The van der Waals surface area contributed by atoms with Crippen LogP contribution in [0.15, 0.2) is 36.5 Å². The normalized spacial score (nSPS) is 22.7. The summed E-state index contributed by atoms with van der Waals surface area (Å²) in [6, 6.07) is 10.1. The lowest BCUT2D eigenvalue weighted by atomic mass is 10.1. The van der Waals surface area contributed by atoms with E-state index in [2.05, 4.69) is 10.3 Å². The number of nitrogens with zero attached hydrogens (tertiary/aromatic N) is 1. The van der Waals surface area contributed by atoms with Gasteiger partial charge in [0, 0.05) is 30.4 Å².